The molecule has 0 radical (unpaired) electrons. The molecule has 0 nitrogen and oxygen atoms in total. The number of aryl methyl sites for hydroxylation is 4. The van der Waals surface area contributed by atoms with Gasteiger partial charge in [-0.25, -0.2) is 0 Å². The molecule has 6 rings (SSSR count). The highest BCUT2D eigenvalue weighted by atomic mass is 14.4. The Morgan fingerprint density at radius 2 is 0.659 bits per heavy atom. The highest BCUT2D eigenvalue weighted by Crippen LogP contribution is 2.49. The topological polar surface area (TPSA) is 0 Å². The molecule has 0 heterocycles. The summed E-state index contributed by atoms with van der Waals surface area (Å²) in [4.78, 5) is 0. The van der Waals surface area contributed by atoms with Gasteiger partial charge in [0, 0.05) is 5.41 Å². The predicted molar refractivity (Wildman–Crippen MR) is 188 cm³/mol. The summed E-state index contributed by atoms with van der Waals surface area (Å²) >= 11 is 0. The molecule has 41 heavy (non-hydrogen) atoms. The molecule has 0 saturated heterocycles. The van der Waals surface area contributed by atoms with Gasteiger partial charge in [-0.05, 0) is 77.8 Å². The molecule has 0 atom stereocenters. The van der Waals surface area contributed by atoms with Gasteiger partial charge in [-0.2, -0.15) is 0 Å². The van der Waals surface area contributed by atoms with Crippen LogP contribution >= 0.6 is 0 Å². The second kappa shape index (κ2) is 16.2. The van der Waals surface area contributed by atoms with E-state index >= 15 is 0 Å². The molecule has 0 fully saturated rings. The molecule has 0 saturated carbocycles. The number of rotatable bonds is 0. The summed E-state index contributed by atoms with van der Waals surface area (Å²) in [6.07, 6.45) is 0. The molecule has 2 aliphatic rings. The van der Waals surface area contributed by atoms with Crippen molar-refractivity contribution < 1.29 is 0 Å². The Bertz CT molecular complexity index is 1320. The predicted octanol–water partition coefficient (Wildman–Crippen LogP) is 13.1. The van der Waals surface area contributed by atoms with Crippen molar-refractivity contribution >= 4 is 5.57 Å². The summed E-state index contributed by atoms with van der Waals surface area (Å²) in [5, 5.41) is 0. The molecule has 0 heteroatoms. The van der Waals surface area contributed by atoms with E-state index in [9.17, 15) is 0 Å². The van der Waals surface area contributed by atoms with Crippen molar-refractivity contribution in [1.82, 2.24) is 0 Å². The summed E-state index contributed by atoms with van der Waals surface area (Å²) in [7, 11) is 0. The Balaban J connectivity index is 0.000000331. The Hall–Kier alpha value is -3.38. The van der Waals surface area contributed by atoms with Crippen LogP contribution in [0.15, 0.2) is 79.4 Å². The summed E-state index contributed by atoms with van der Waals surface area (Å²) in [5.74, 6) is 0. The summed E-state index contributed by atoms with van der Waals surface area (Å²) in [5.41, 5.74) is 17.6. The van der Waals surface area contributed by atoms with Gasteiger partial charge in [0.25, 0.3) is 0 Å². The van der Waals surface area contributed by atoms with Crippen molar-refractivity contribution in [3.8, 4) is 22.3 Å². The molecule has 0 aliphatic heterocycles. The van der Waals surface area contributed by atoms with Crippen molar-refractivity contribution in [3.63, 3.8) is 0 Å². The van der Waals surface area contributed by atoms with Crippen LogP contribution in [0.25, 0.3) is 27.8 Å². The SMILES string of the molecule is C=C1c2cc(C)ccc2-c2ccc(C)cc21.CC.CC.CC.CC.Cc1ccc2c(c1)C(C)(C)c1cc(C)ccc1-2. The van der Waals surface area contributed by atoms with Crippen molar-refractivity contribution in [1.29, 1.82) is 0 Å². The van der Waals surface area contributed by atoms with E-state index in [2.05, 4.69) is 121 Å². The van der Waals surface area contributed by atoms with Gasteiger partial charge in [-0.1, -0.05) is 171 Å². The largest absolute Gasteiger partial charge is 0.0905 e. The molecule has 0 amide bonds. The zero-order chi connectivity index (χ0) is 31.5. The zero-order valence-electron chi connectivity index (χ0n) is 28.6. The van der Waals surface area contributed by atoms with Gasteiger partial charge in [0.15, 0.2) is 0 Å². The molecule has 0 spiro atoms. The van der Waals surface area contributed by atoms with E-state index in [1.54, 1.807) is 0 Å². The van der Waals surface area contributed by atoms with Crippen molar-refractivity contribution in [2.45, 2.75) is 102 Å². The van der Waals surface area contributed by atoms with Crippen molar-refractivity contribution in [2.75, 3.05) is 0 Å². The second-order valence-electron chi connectivity index (χ2n) is 10.3. The standard InChI is InChI=1S/C17H18.C16H14.4C2H6/c1-11-5-7-13-14-8-6-12(2)10-16(14)17(3,4)15(13)9-11;1-10-4-6-13-14-7-5-11(2)9-16(14)12(3)15(13)8-10;4*1-2/h5-10H,1-4H3;4-9H,3H2,1-2H3;4*1-2H3. The van der Waals surface area contributed by atoms with Crippen molar-refractivity contribution in [2.24, 2.45) is 0 Å². The maximum atomic E-state index is 4.22. The monoisotopic (exact) mass is 548 g/mol. The minimum absolute atomic E-state index is 0.142. The summed E-state index contributed by atoms with van der Waals surface area (Å²) in [6.45, 7) is 33.5. The van der Waals surface area contributed by atoms with E-state index in [0.717, 1.165) is 5.57 Å². The van der Waals surface area contributed by atoms with Crippen LogP contribution in [-0.4, -0.2) is 0 Å². The van der Waals surface area contributed by atoms with E-state index in [4.69, 9.17) is 0 Å². The number of fused-ring (bicyclic) bond motifs is 6. The van der Waals surface area contributed by atoms with Gasteiger partial charge in [-0.15, -0.1) is 0 Å². The fourth-order valence-corrected chi connectivity index (χ4v) is 5.40. The van der Waals surface area contributed by atoms with E-state index < -0.39 is 0 Å². The van der Waals surface area contributed by atoms with Crippen LogP contribution in [0.4, 0.5) is 0 Å². The van der Waals surface area contributed by atoms with E-state index in [-0.39, 0.29) is 5.41 Å². The molecular weight excluding hydrogens is 492 g/mol. The lowest BCUT2D eigenvalue weighted by Gasteiger charge is -2.22. The molecule has 4 aromatic carbocycles. The third kappa shape index (κ3) is 7.48. The molecule has 0 aromatic heterocycles. The zero-order valence-corrected chi connectivity index (χ0v) is 28.6. The third-order valence-electron chi connectivity index (χ3n) is 7.28. The van der Waals surface area contributed by atoms with Crippen LogP contribution in [0.1, 0.15) is 114 Å². The molecule has 220 valence electrons. The average molecular weight is 549 g/mol. The minimum Gasteiger partial charge on any atom is -0.0905 e. The van der Waals surface area contributed by atoms with E-state index in [1.165, 1.54) is 66.8 Å². The number of hydrogen-bond donors (Lipinski definition) is 0. The highest BCUT2D eigenvalue weighted by Gasteiger charge is 2.35. The van der Waals surface area contributed by atoms with Crippen molar-refractivity contribution in [3.05, 3.63) is 124 Å². The van der Waals surface area contributed by atoms with Gasteiger partial charge < -0.3 is 0 Å². The molecule has 0 N–H and O–H groups in total. The third-order valence-corrected chi connectivity index (χ3v) is 7.28. The van der Waals surface area contributed by atoms with Gasteiger partial charge in [0.05, 0.1) is 0 Å². The van der Waals surface area contributed by atoms with Crippen LogP contribution in [0.3, 0.4) is 0 Å². The Morgan fingerprint density at radius 3 is 0.976 bits per heavy atom. The Kier molecular flexibility index (Phi) is 14.1. The Labute approximate surface area is 253 Å². The van der Waals surface area contributed by atoms with Gasteiger partial charge in [0.1, 0.15) is 0 Å². The first-order valence-electron chi connectivity index (χ1n) is 15.8. The summed E-state index contributed by atoms with van der Waals surface area (Å²) < 4.78 is 0. The molecular formula is C41H56. The van der Waals surface area contributed by atoms with Crippen LogP contribution in [-0.2, 0) is 5.41 Å². The van der Waals surface area contributed by atoms with E-state index in [0.29, 0.717) is 0 Å². The first-order chi connectivity index (χ1) is 19.7. The van der Waals surface area contributed by atoms with Crippen LogP contribution in [0, 0.1) is 27.7 Å². The van der Waals surface area contributed by atoms with Gasteiger partial charge in [0.2, 0.25) is 0 Å². The lowest BCUT2D eigenvalue weighted by Crippen LogP contribution is -2.15. The maximum absolute atomic E-state index is 4.22. The fraction of sp³-hybridized carbons (Fsp3) is 0.366. The van der Waals surface area contributed by atoms with Crippen LogP contribution in [0.5, 0.6) is 0 Å². The summed E-state index contributed by atoms with van der Waals surface area (Å²) in [6, 6.07) is 26.8. The Morgan fingerprint density at radius 1 is 0.390 bits per heavy atom. The number of hydrogen-bond acceptors (Lipinski definition) is 0. The smallest absolute Gasteiger partial charge is 0.0159 e. The highest BCUT2D eigenvalue weighted by molar-refractivity contribution is 6.00. The lowest BCUT2D eigenvalue weighted by atomic mass is 9.81. The average Bonchev–Trinajstić information content (AvgIpc) is 3.39. The van der Waals surface area contributed by atoms with Gasteiger partial charge in [-0.3, -0.25) is 0 Å². The molecule has 4 aromatic rings. The van der Waals surface area contributed by atoms with Crippen LogP contribution < -0.4 is 0 Å². The molecule has 0 unspecified atom stereocenters. The quantitative estimate of drug-likeness (QED) is 0.180. The molecule has 2 aliphatic carbocycles. The lowest BCUT2D eigenvalue weighted by molar-refractivity contribution is 0.659. The minimum atomic E-state index is 0.142. The number of benzene rings is 4. The van der Waals surface area contributed by atoms with E-state index in [1.807, 2.05) is 55.4 Å². The normalized spacial score (nSPS) is 11.9. The maximum Gasteiger partial charge on any atom is 0.0159 e. The van der Waals surface area contributed by atoms with Gasteiger partial charge >= 0.3 is 0 Å². The first kappa shape index (κ1) is 35.6. The fourth-order valence-electron chi connectivity index (χ4n) is 5.40. The van der Waals surface area contributed by atoms with Crippen LogP contribution in [0.2, 0.25) is 0 Å². The second-order valence-corrected chi connectivity index (χ2v) is 10.3. The first-order valence-corrected chi connectivity index (χ1v) is 15.8. The molecule has 0 bridgehead atoms.